The molecule has 7 nitrogen and oxygen atoms in total. The van der Waals surface area contributed by atoms with E-state index in [0.29, 0.717) is 29.5 Å². The Kier molecular flexibility index (Phi) is 5.19. The molecule has 0 amide bonds. The quantitative estimate of drug-likeness (QED) is 0.563. The van der Waals surface area contributed by atoms with Crippen LogP contribution in [0.5, 0.6) is 0 Å². The van der Waals surface area contributed by atoms with Gasteiger partial charge >= 0.3 is 0 Å². The van der Waals surface area contributed by atoms with Gasteiger partial charge in [-0.15, -0.1) is 10.2 Å². The van der Waals surface area contributed by atoms with Crippen molar-refractivity contribution in [2.75, 3.05) is 6.61 Å². The van der Waals surface area contributed by atoms with Crippen LogP contribution in [0.1, 0.15) is 40.4 Å². The van der Waals surface area contributed by atoms with Crippen LogP contribution in [0.15, 0.2) is 0 Å². The average molecular weight is 287 g/mol. The number of hydrogen-bond donors (Lipinski definition) is 1. The first-order chi connectivity index (χ1) is 8.73. The number of nitrogens with two attached hydrogens (primary N) is 1. The van der Waals surface area contributed by atoms with Crippen LogP contribution in [0.25, 0.3) is 0 Å². The van der Waals surface area contributed by atoms with Crippen LogP contribution in [-0.4, -0.2) is 43.4 Å². The van der Waals surface area contributed by atoms with E-state index in [9.17, 15) is 0 Å². The van der Waals surface area contributed by atoms with Gasteiger partial charge in [-0.05, 0) is 10.6 Å². The molecule has 2 N–H and O–H groups in total. The Hall–Kier alpha value is -0.833. The van der Waals surface area contributed by atoms with E-state index in [0.717, 1.165) is 0 Å². The minimum atomic E-state index is -0.304. The maximum Gasteiger partial charge on any atom is 0.182 e. The first-order valence-corrected chi connectivity index (χ1v) is 7.18. The molecular weight excluding hydrogens is 262 g/mol. The molecule has 8 heteroatoms. The van der Waals surface area contributed by atoms with Gasteiger partial charge in [0.2, 0.25) is 0 Å². The monoisotopic (exact) mass is 287 g/mol. The molecule has 1 aromatic rings. The summed E-state index contributed by atoms with van der Waals surface area (Å²) in [5.41, 5.74) is -0.293. The summed E-state index contributed by atoms with van der Waals surface area (Å²) >= 11 is 0. The van der Waals surface area contributed by atoms with Gasteiger partial charge in [0.05, 0.1) is 24.7 Å². The molecular formula is C11H25N5O2Si. The van der Waals surface area contributed by atoms with E-state index < -0.39 is 0 Å². The molecule has 19 heavy (non-hydrogen) atoms. The maximum atomic E-state index is 5.80. The Bertz CT molecular complexity index is 402. The van der Waals surface area contributed by atoms with Crippen molar-refractivity contribution in [3.63, 3.8) is 0 Å². The van der Waals surface area contributed by atoms with Crippen LogP contribution in [0.3, 0.4) is 0 Å². The van der Waals surface area contributed by atoms with Crippen LogP contribution in [-0.2, 0) is 21.2 Å². The molecule has 1 rings (SSSR count). The van der Waals surface area contributed by atoms with Crippen molar-refractivity contribution in [1.29, 1.82) is 0 Å². The highest BCUT2D eigenvalue weighted by Gasteiger charge is 2.42. The number of nitrogens with zero attached hydrogens (tertiary/aromatic N) is 4. The Morgan fingerprint density at radius 2 is 1.95 bits per heavy atom. The van der Waals surface area contributed by atoms with Gasteiger partial charge in [0.25, 0.3) is 0 Å². The number of rotatable bonds is 6. The van der Waals surface area contributed by atoms with E-state index in [-0.39, 0.29) is 16.9 Å². The molecule has 1 atom stereocenters. The van der Waals surface area contributed by atoms with Crippen LogP contribution in [0, 0.1) is 5.41 Å². The molecule has 0 aliphatic carbocycles. The van der Waals surface area contributed by atoms with E-state index in [1.54, 1.807) is 0 Å². The number of aromatic nitrogens is 4. The van der Waals surface area contributed by atoms with Crippen molar-refractivity contribution in [1.82, 2.24) is 20.2 Å². The van der Waals surface area contributed by atoms with E-state index >= 15 is 0 Å². The minimum absolute atomic E-state index is 0.0110. The maximum absolute atomic E-state index is 5.80. The third kappa shape index (κ3) is 3.82. The molecule has 0 saturated heterocycles. The number of tetrazole rings is 1. The Balaban J connectivity index is 2.95. The third-order valence-electron chi connectivity index (χ3n) is 3.12. The summed E-state index contributed by atoms with van der Waals surface area (Å²) in [6.45, 7) is 11.5. The highest BCUT2D eigenvalue weighted by molar-refractivity contribution is 5.98. The predicted octanol–water partition coefficient (Wildman–Crippen LogP) is -0.447. The fraction of sp³-hybridized carbons (Fsp3) is 0.909. The third-order valence-corrected chi connectivity index (χ3v) is 3.59. The second kappa shape index (κ2) is 6.08. The Morgan fingerprint density at radius 3 is 2.42 bits per heavy atom. The van der Waals surface area contributed by atoms with Crippen molar-refractivity contribution in [3.8, 4) is 0 Å². The molecule has 0 aliphatic rings. The SMILES string of the molecule is CC(C)(C)C(O[SiH3])C(C)(C)c1nnn(CCON)n1. The van der Waals surface area contributed by atoms with Gasteiger partial charge in [0, 0.05) is 0 Å². The van der Waals surface area contributed by atoms with E-state index in [1.165, 1.54) is 4.80 Å². The number of hydrogen-bond acceptors (Lipinski definition) is 6. The highest BCUT2D eigenvalue weighted by atomic mass is 28.2. The van der Waals surface area contributed by atoms with Gasteiger partial charge < -0.3 is 9.26 Å². The highest BCUT2D eigenvalue weighted by Crippen LogP contribution is 2.36. The lowest BCUT2D eigenvalue weighted by Gasteiger charge is -2.40. The molecule has 1 aromatic heterocycles. The van der Waals surface area contributed by atoms with E-state index in [2.05, 4.69) is 54.9 Å². The van der Waals surface area contributed by atoms with E-state index in [4.69, 9.17) is 10.3 Å². The Morgan fingerprint density at radius 1 is 1.32 bits per heavy atom. The topological polar surface area (TPSA) is 88.1 Å². The lowest BCUT2D eigenvalue weighted by atomic mass is 9.72. The smallest absolute Gasteiger partial charge is 0.182 e. The van der Waals surface area contributed by atoms with Crippen molar-refractivity contribution in [3.05, 3.63) is 5.82 Å². The fourth-order valence-electron chi connectivity index (χ4n) is 2.58. The van der Waals surface area contributed by atoms with Crippen molar-refractivity contribution in [2.45, 2.75) is 52.7 Å². The summed E-state index contributed by atoms with van der Waals surface area (Å²) in [6.07, 6.45) is 0.0371. The van der Waals surface area contributed by atoms with Crippen molar-refractivity contribution < 1.29 is 9.26 Å². The van der Waals surface area contributed by atoms with Gasteiger partial charge in [-0.2, -0.15) is 4.80 Å². The van der Waals surface area contributed by atoms with Crippen LogP contribution in [0.2, 0.25) is 0 Å². The molecule has 110 valence electrons. The molecule has 0 saturated carbocycles. The van der Waals surface area contributed by atoms with Crippen molar-refractivity contribution >= 4 is 10.5 Å². The summed E-state index contributed by atoms with van der Waals surface area (Å²) in [4.78, 5) is 6.01. The Labute approximate surface area is 117 Å². The zero-order valence-corrected chi connectivity index (χ0v) is 14.7. The average Bonchev–Trinajstić information content (AvgIpc) is 2.73. The predicted molar refractivity (Wildman–Crippen MR) is 75.2 cm³/mol. The molecule has 0 aromatic carbocycles. The van der Waals surface area contributed by atoms with Gasteiger partial charge in [0.1, 0.15) is 10.5 Å². The summed E-state index contributed by atoms with van der Waals surface area (Å²) in [6, 6.07) is 0. The molecule has 0 fully saturated rings. The lowest BCUT2D eigenvalue weighted by molar-refractivity contribution is 0.0308. The van der Waals surface area contributed by atoms with Crippen LogP contribution >= 0.6 is 0 Å². The second-order valence-corrected chi connectivity index (χ2v) is 6.75. The van der Waals surface area contributed by atoms with Crippen molar-refractivity contribution in [2.24, 2.45) is 11.3 Å². The standard InChI is InChI=1S/C11H25N5O2Si/c1-10(2,3)8(18-19)11(4,5)9-13-15-16(14-9)6-7-17-12/h8H,6-7,12H2,1-5,19H3. The normalized spacial score (nSPS) is 14.8. The zero-order chi connectivity index (χ0) is 14.7. The molecule has 0 spiro atoms. The van der Waals surface area contributed by atoms with E-state index in [1.807, 2.05) is 0 Å². The second-order valence-electron chi connectivity index (χ2n) is 6.28. The fourth-order valence-corrected chi connectivity index (χ4v) is 3.87. The van der Waals surface area contributed by atoms with Gasteiger partial charge in [-0.25, -0.2) is 5.90 Å². The molecule has 0 bridgehead atoms. The largest absolute Gasteiger partial charge is 0.424 e. The van der Waals surface area contributed by atoms with Crippen LogP contribution < -0.4 is 5.90 Å². The summed E-state index contributed by atoms with van der Waals surface area (Å²) in [7, 11) is 0.674. The molecule has 1 heterocycles. The summed E-state index contributed by atoms with van der Waals surface area (Å²) in [5, 5.41) is 12.6. The molecule has 1 unspecified atom stereocenters. The summed E-state index contributed by atoms with van der Waals surface area (Å²) < 4.78 is 5.80. The lowest BCUT2D eigenvalue weighted by Crippen LogP contribution is -2.45. The van der Waals surface area contributed by atoms with Gasteiger partial charge in [-0.3, -0.25) is 0 Å². The first-order valence-electron chi connectivity index (χ1n) is 6.36. The summed E-state index contributed by atoms with van der Waals surface area (Å²) in [5.74, 6) is 5.67. The molecule has 0 aliphatic heterocycles. The first kappa shape index (κ1) is 16.2. The minimum Gasteiger partial charge on any atom is -0.424 e. The van der Waals surface area contributed by atoms with Crippen LogP contribution in [0.4, 0.5) is 0 Å². The zero-order valence-electron chi connectivity index (χ0n) is 12.7. The van der Waals surface area contributed by atoms with Gasteiger partial charge in [0.15, 0.2) is 5.82 Å². The van der Waals surface area contributed by atoms with Gasteiger partial charge in [-0.1, -0.05) is 34.6 Å². The molecule has 0 radical (unpaired) electrons.